The molecular weight excluding hydrogens is 236 g/mol. The topological polar surface area (TPSA) is 56.3 Å². The Balaban J connectivity index is 2.82. The zero-order chi connectivity index (χ0) is 13.8. The molecule has 1 aliphatic rings. The highest BCUT2D eigenvalue weighted by molar-refractivity contribution is 5.97. The van der Waals surface area contributed by atoms with E-state index in [4.69, 9.17) is 23.7 Å². The van der Waals surface area contributed by atoms with Crippen molar-refractivity contribution in [3.63, 3.8) is 0 Å². The van der Waals surface area contributed by atoms with E-state index >= 15 is 0 Å². The van der Waals surface area contributed by atoms with Crippen molar-refractivity contribution in [3.05, 3.63) is 69.6 Å². The molecule has 4 nitrogen and oxygen atoms in total. The summed E-state index contributed by atoms with van der Waals surface area (Å²) in [6.07, 6.45) is 0.288. The minimum absolute atomic E-state index is 0.0183. The Morgan fingerprint density at radius 3 is 1.68 bits per heavy atom. The van der Waals surface area contributed by atoms with Gasteiger partial charge in [0.2, 0.25) is 0 Å². The maximum atomic E-state index is 8.99. The number of rotatable bonds is 0. The SMILES string of the molecule is [C-]#[N+]/C(C#N)=C1/C/C(=C(\C#N)[N+]#[C-])c2ccccc21. The van der Waals surface area contributed by atoms with Gasteiger partial charge in [-0.05, 0) is 28.7 Å². The lowest BCUT2D eigenvalue weighted by molar-refractivity contribution is 1.42. The van der Waals surface area contributed by atoms with Gasteiger partial charge in [0.05, 0.1) is 25.3 Å². The van der Waals surface area contributed by atoms with Crippen LogP contribution in [-0.2, 0) is 0 Å². The molecule has 0 saturated carbocycles. The van der Waals surface area contributed by atoms with E-state index in [2.05, 4.69) is 9.69 Å². The van der Waals surface area contributed by atoms with Crippen LogP contribution >= 0.6 is 0 Å². The number of hydrogen-bond donors (Lipinski definition) is 0. The smallest absolute Gasteiger partial charge is 0.226 e. The Morgan fingerprint density at radius 1 is 0.947 bits per heavy atom. The van der Waals surface area contributed by atoms with E-state index in [1.54, 1.807) is 12.1 Å². The molecule has 0 bridgehead atoms. The van der Waals surface area contributed by atoms with Gasteiger partial charge in [-0.25, -0.2) is 20.2 Å². The lowest BCUT2D eigenvalue weighted by Gasteiger charge is -1.99. The summed E-state index contributed by atoms with van der Waals surface area (Å²) in [6, 6.07) is 11.0. The third-order valence-electron chi connectivity index (χ3n) is 2.94. The molecule has 0 aliphatic heterocycles. The van der Waals surface area contributed by atoms with E-state index in [1.165, 1.54) is 0 Å². The Labute approximate surface area is 110 Å². The van der Waals surface area contributed by atoms with Gasteiger partial charge in [-0.1, -0.05) is 24.3 Å². The van der Waals surface area contributed by atoms with Crippen molar-refractivity contribution in [3.8, 4) is 12.1 Å². The molecule has 0 amide bonds. The summed E-state index contributed by atoms with van der Waals surface area (Å²) in [5, 5.41) is 18.0. The molecule has 0 atom stereocenters. The second-order valence-electron chi connectivity index (χ2n) is 3.82. The molecule has 1 aromatic carbocycles. The monoisotopic (exact) mass is 242 g/mol. The molecule has 2 rings (SSSR count). The number of nitrogens with zero attached hydrogens (tertiary/aromatic N) is 4. The summed E-state index contributed by atoms with van der Waals surface area (Å²) in [4.78, 5) is 6.44. The summed E-state index contributed by atoms with van der Waals surface area (Å²) in [5.74, 6) is 0. The fourth-order valence-electron chi connectivity index (χ4n) is 2.12. The Kier molecular flexibility index (Phi) is 3.12. The van der Waals surface area contributed by atoms with Gasteiger partial charge in [-0.3, -0.25) is 0 Å². The van der Waals surface area contributed by atoms with Crippen LogP contribution in [0.1, 0.15) is 17.5 Å². The van der Waals surface area contributed by atoms with Gasteiger partial charge in [0.15, 0.2) is 0 Å². The summed E-state index contributed by atoms with van der Waals surface area (Å²) in [5.41, 5.74) is 2.76. The second kappa shape index (κ2) is 4.89. The fourth-order valence-corrected chi connectivity index (χ4v) is 2.12. The molecule has 0 aromatic heterocycles. The molecular formula is C15H6N4. The van der Waals surface area contributed by atoms with Gasteiger partial charge in [-0.2, -0.15) is 0 Å². The minimum atomic E-state index is 0.0183. The average Bonchev–Trinajstić information content (AvgIpc) is 2.82. The van der Waals surface area contributed by atoms with Crippen LogP contribution in [-0.4, -0.2) is 0 Å². The number of fused-ring (bicyclic) bond motifs is 1. The lowest BCUT2D eigenvalue weighted by Crippen LogP contribution is -1.82. The first kappa shape index (κ1) is 12.1. The second-order valence-corrected chi connectivity index (χ2v) is 3.82. The quantitative estimate of drug-likeness (QED) is 0.517. The molecule has 1 aliphatic carbocycles. The average molecular weight is 242 g/mol. The van der Waals surface area contributed by atoms with Gasteiger partial charge in [0.1, 0.15) is 0 Å². The molecule has 0 heterocycles. The molecule has 86 valence electrons. The van der Waals surface area contributed by atoms with Crippen LogP contribution in [0.25, 0.3) is 20.8 Å². The summed E-state index contributed by atoms with van der Waals surface area (Å²) < 4.78 is 0. The largest absolute Gasteiger partial charge is 0.265 e. The van der Waals surface area contributed by atoms with E-state index < -0.39 is 0 Å². The molecule has 0 radical (unpaired) electrons. The van der Waals surface area contributed by atoms with Gasteiger partial charge in [-0.15, -0.1) is 0 Å². The van der Waals surface area contributed by atoms with E-state index in [9.17, 15) is 0 Å². The van der Waals surface area contributed by atoms with Crippen LogP contribution in [0.15, 0.2) is 35.7 Å². The third-order valence-corrected chi connectivity index (χ3v) is 2.94. The predicted molar refractivity (Wildman–Crippen MR) is 69.3 cm³/mol. The first-order valence-corrected chi connectivity index (χ1v) is 5.38. The van der Waals surface area contributed by atoms with E-state index in [-0.39, 0.29) is 17.8 Å². The van der Waals surface area contributed by atoms with Crippen LogP contribution in [0, 0.1) is 35.8 Å². The molecule has 0 saturated heterocycles. The zero-order valence-corrected chi connectivity index (χ0v) is 9.81. The molecule has 19 heavy (non-hydrogen) atoms. The van der Waals surface area contributed by atoms with Crippen LogP contribution in [0.3, 0.4) is 0 Å². The Hall–Kier alpha value is -3.34. The number of nitriles is 2. The van der Waals surface area contributed by atoms with Crippen LogP contribution in [0.2, 0.25) is 0 Å². The van der Waals surface area contributed by atoms with Crippen LogP contribution in [0.5, 0.6) is 0 Å². The fraction of sp³-hybridized carbons (Fsp3) is 0.0667. The van der Waals surface area contributed by atoms with Crippen molar-refractivity contribution < 1.29 is 0 Å². The van der Waals surface area contributed by atoms with Crippen molar-refractivity contribution in [1.82, 2.24) is 0 Å². The third kappa shape index (κ3) is 1.85. The van der Waals surface area contributed by atoms with E-state index in [0.29, 0.717) is 11.1 Å². The summed E-state index contributed by atoms with van der Waals surface area (Å²) >= 11 is 0. The van der Waals surface area contributed by atoms with Crippen molar-refractivity contribution in [2.24, 2.45) is 0 Å². The maximum absolute atomic E-state index is 8.99. The molecule has 1 aromatic rings. The maximum Gasteiger partial charge on any atom is 0.265 e. The lowest BCUT2D eigenvalue weighted by atomic mass is 10.1. The van der Waals surface area contributed by atoms with Gasteiger partial charge in [0, 0.05) is 0 Å². The Bertz CT molecular complexity index is 684. The van der Waals surface area contributed by atoms with Gasteiger partial charge >= 0.3 is 0 Å². The van der Waals surface area contributed by atoms with Crippen molar-refractivity contribution >= 4 is 11.1 Å². The number of hydrogen-bond acceptors (Lipinski definition) is 2. The van der Waals surface area contributed by atoms with Gasteiger partial charge in [0.25, 0.3) is 11.4 Å². The van der Waals surface area contributed by atoms with Crippen molar-refractivity contribution in [1.29, 1.82) is 10.5 Å². The van der Waals surface area contributed by atoms with Crippen molar-refractivity contribution in [2.75, 3.05) is 0 Å². The minimum Gasteiger partial charge on any atom is -0.226 e. The van der Waals surface area contributed by atoms with Crippen LogP contribution < -0.4 is 0 Å². The number of benzene rings is 1. The van der Waals surface area contributed by atoms with Crippen LogP contribution in [0.4, 0.5) is 0 Å². The van der Waals surface area contributed by atoms with E-state index in [0.717, 1.165) is 11.1 Å². The molecule has 0 N–H and O–H groups in total. The van der Waals surface area contributed by atoms with Gasteiger partial charge < -0.3 is 0 Å². The summed E-state index contributed by atoms with van der Waals surface area (Å²) in [7, 11) is 0. The first-order valence-electron chi connectivity index (χ1n) is 5.38. The standard InChI is InChI=1S/C15H6N4/c1-18-14(8-16)12-7-13(15(9-17)19-2)11-6-4-3-5-10(11)12/h3-6H,7H2/b14-12-,15-13-. The highest BCUT2D eigenvalue weighted by atomic mass is 14.7. The normalized spacial score (nSPS) is 17.3. The number of allylic oxidation sites excluding steroid dienone is 4. The predicted octanol–water partition coefficient (Wildman–Crippen LogP) is 3.40. The zero-order valence-electron chi connectivity index (χ0n) is 9.81. The highest BCUT2D eigenvalue weighted by Gasteiger charge is 2.26. The molecule has 0 fully saturated rings. The summed E-state index contributed by atoms with van der Waals surface area (Å²) in [6.45, 7) is 14.1. The first-order chi connectivity index (χ1) is 9.26. The highest BCUT2D eigenvalue weighted by Crippen LogP contribution is 2.43. The molecule has 0 unspecified atom stereocenters. The van der Waals surface area contributed by atoms with Crippen molar-refractivity contribution in [2.45, 2.75) is 6.42 Å². The molecule has 0 spiro atoms. The molecule has 4 heteroatoms. The Morgan fingerprint density at radius 2 is 1.37 bits per heavy atom. The van der Waals surface area contributed by atoms with E-state index in [1.807, 2.05) is 24.3 Å².